The molecule has 0 fully saturated rings. The molecule has 32 heavy (non-hydrogen) atoms. The molecule has 1 aromatic rings. The molecule has 1 rings (SSSR count). The van der Waals surface area contributed by atoms with Gasteiger partial charge in [-0.3, -0.25) is 9.59 Å². The second-order valence-corrected chi connectivity index (χ2v) is 8.39. The first-order valence-electron chi connectivity index (χ1n) is 12.4. The van der Waals surface area contributed by atoms with Crippen LogP contribution in [0.5, 0.6) is 0 Å². The lowest BCUT2D eigenvalue weighted by Gasteiger charge is -2.16. The minimum Gasteiger partial charge on any atom is -0.469 e. The van der Waals surface area contributed by atoms with E-state index in [4.69, 9.17) is 0 Å². The molecule has 1 amide bonds. The average Bonchev–Trinajstić information content (AvgIpc) is 2.81. The molecular formula is C28H43NO3. The first kappa shape index (κ1) is 27.7. The molecule has 1 unspecified atom stereocenters. The Balaban J connectivity index is 2.30. The van der Waals surface area contributed by atoms with Crippen LogP contribution >= 0.6 is 0 Å². The van der Waals surface area contributed by atoms with Crippen LogP contribution in [0.25, 0.3) is 6.08 Å². The molecule has 4 heteroatoms. The number of hydrogen-bond acceptors (Lipinski definition) is 3. The molecule has 0 aliphatic rings. The monoisotopic (exact) mass is 441 g/mol. The zero-order chi connectivity index (χ0) is 23.3. The topological polar surface area (TPSA) is 55.4 Å². The Morgan fingerprint density at radius 1 is 0.938 bits per heavy atom. The van der Waals surface area contributed by atoms with Crippen molar-refractivity contribution in [2.75, 3.05) is 7.11 Å². The van der Waals surface area contributed by atoms with Crippen molar-refractivity contribution in [3.63, 3.8) is 0 Å². The van der Waals surface area contributed by atoms with E-state index in [9.17, 15) is 9.59 Å². The minimum absolute atomic E-state index is 0.0188. The predicted octanol–water partition coefficient (Wildman–Crippen LogP) is 7.01. The molecule has 178 valence electrons. The van der Waals surface area contributed by atoms with E-state index in [-0.39, 0.29) is 17.9 Å². The Labute approximate surface area is 195 Å². The van der Waals surface area contributed by atoms with E-state index in [1.54, 1.807) is 6.08 Å². The summed E-state index contributed by atoms with van der Waals surface area (Å²) < 4.78 is 4.66. The second kappa shape index (κ2) is 19.3. The van der Waals surface area contributed by atoms with Crippen LogP contribution in [0.1, 0.15) is 96.0 Å². The fourth-order valence-corrected chi connectivity index (χ4v) is 3.59. The summed E-state index contributed by atoms with van der Waals surface area (Å²) in [5, 5.41) is 3.19. The van der Waals surface area contributed by atoms with E-state index in [1.807, 2.05) is 36.4 Å². The number of carbonyl (C=O) groups is 2. The molecule has 0 spiro atoms. The zero-order valence-corrected chi connectivity index (χ0v) is 20.2. The lowest BCUT2D eigenvalue weighted by molar-refractivity contribution is -0.140. The molecule has 0 radical (unpaired) electrons. The van der Waals surface area contributed by atoms with Crippen LogP contribution < -0.4 is 5.32 Å². The number of nitrogens with one attached hydrogen (secondary N) is 1. The van der Waals surface area contributed by atoms with Crippen LogP contribution in [-0.2, 0) is 14.3 Å². The Morgan fingerprint density at radius 2 is 1.66 bits per heavy atom. The summed E-state index contributed by atoms with van der Waals surface area (Å²) in [5.41, 5.74) is 1.03. The number of ether oxygens (including phenoxy) is 1. The Hall–Kier alpha value is -2.36. The summed E-state index contributed by atoms with van der Waals surface area (Å²) in [7, 11) is 1.44. The van der Waals surface area contributed by atoms with Crippen molar-refractivity contribution in [3.05, 3.63) is 54.1 Å². The van der Waals surface area contributed by atoms with Gasteiger partial charge in [0.15, 0.2) is 0 Å². The summed E-state index contributed by atoms with van der Waals surface area (Å²) in [6.45, 7) is 2.22. The Morgan fingerprint density at radius 3 is 2.41 bits per heavy atom. The third kappa shape index (κ3) is 15.4. The highest BCUT2D eigenvalue weighted by atomic mass is 16.5. The molecule has 0 aliphatic heterocycles. The summed E-state index contributed by atoms with van der Waals surface area (Å²) >= 11 is 0. The average molecular weight is 442 g/mol. The van der Waals surface area contributed by atoms with Crippen LogP contribution in [0, 0.1) is 0 Å². The quantitative estimate of drug-likeness (QED) is 0.115. The van der Waals surface area contributed by atoms with E-state index in [2.05, 4.69) is 29.1 Å². The first-order chi connectivity index (χ1) is 15.7. The van der Waals surface area contributed by atoms with Crippen molar-refractivity contribution >= 4 is 18.0 Å². The highest BCUT2D eigenvalue weighted by molar-refractivity contribution is 5.91. The number of amides is 1. The van der Waals surface area contributed by atoms with Crippen molar-refractivity contribution in [3.8, 4) is 0 Å². The smallest absolute Gasteiger partial charge is 0.305 e. The lowest BCUT2D eigenvalue weighted by Crippen LogP contribution is -2.33. The number of benzene rings is 1. The summed E-state index contributed by atoms with van der Waals surface area (Å²) in [6.07, 6.45) is 21.9. The highest BCUT2D eigenvalue weighted by Crippen LogP contribution is 2.11. The van der Waals surface area contributed by atoms with Gasteiger partial charge in [0, 0.05) is 18.5 Å². The number of unbranched alkanes of at least 4 members (excludes halogenated alkanes) is 8. The molecule has 1 atom stereocenters. The largest absolute Gasteiger partial charge is 0.469 e. The van der Waals surface area contributed by atoms with Gasteiger partial charge in [-0.25, -0.2) is 0 Å². The maximum absolute atomic E-state index is 12.4. The first-order valence-corrected chi connectivity index (χ1v) is 12.4. The number of hydrogen-bond donors (Lipinski definition) is 1. The van der Waals surface area contributed by atoms with Gasteiger partial charge >= 0.3 is 5.97 Å². The third-order valence-electron chi connectivity index (χ3n) is 5.55. The van der Waals surface area contributed by atoms with Gasteiger partial charge in [0.05, 0.1) is 7.11 Å². The molecule has 1 N–H and O–H groups in total. The van der Waals surface area contributed by atoms with E-state index >= 15 is 0 Å². The third-order valence-corrected chi connectivity index (χ3v) is 5.55. The number of esters is 1. The van der Waals surface area contributed by atoms with Gasteiger partial charge in [-0.1, -0.05) is 94.4 Å². The molecule has 0 saturated heterocycles. The number of methoxy groups -OCH3 is 1. The molecule has 0 bridgehead atoms. The van der Waals surface area contributed by atoms with Gasteiger partial charge in [-0.15, -0.1) is 0 Å². The van der Waals surface area contributed by atoms with Crippen LogP contribution in [0.2, 0.25) is 0 Å². The highest BCUT2D eigenvalue weighted by Gasteiger charge is 2.09. The van der Waals surface area contributed by atoms with Crippen LogP contribution in [0.3, 0.4) is 0 Å². The molecular weight excluding hydrogens is 398 g/mol. The normalized spacial score (nSPS) is 12.3. The van der Waals surface area contributed by atoms with Crippen molar-refractivity contribution in [2.24, 2.45) is 0 Å². The summed E-state index contributed by atoms with van der Waals surface area (Å²) in [4.78, 5) is 23.5. The van der Waals surface area contributed by atoms with Gasteiger partial charge in [0.25, 0.3) is 0 Å². The van der Waals surface area contributed by atoms with Crippen molar-refractivity contribution in [1.82, 2.24) is 5.32 Å². The fraction of sp³-hybridized carbons (Fsp3) is 0.571. The molecule has 0 saturated carbocycles. The van der Waals surface area contributed by atoms with Crippen LogP contribution in [0.4, 0.5) is 0 Å². The maximum atomic E-state index is 12.4. The lowest BCUT2D eigenvalue weighted by atomic mass is 10.0. The molecule has 0 heterocycles. The zero-order valence-electron chi connectivity index (χ0n) is 20.2. The SMILES string of the molecule is CCCCCCC(C/C=C\CCCCCCCC(=O)OC)NC(=O)/C=C/c1ccccc1. The van der Waals surface area contributed by atoms with E-state index < -0.39 is 0 Å². The van der Waals surface area contributed by atoms with Gasteiger partial charge in [0.1, 0.15) is 0 Å². The molecule has 1 aromatic carbocycles. The van der Waals surface area contributed by atoms with E-state index in [1.165, 1.54) is 39.2 Å². The number of carbonyl (C=O) groups excluding carboxylic acids is 2. The molecule has 0 aromatic heterocycles. The van der Waals surface area contributed by atoms with Gasteiger partial charge in [0.2, 0.25) is 5.91 Å². The van der Waals surface area contributed by atoms with Gasteiger partial charge in [-0.2, -0.15) is 0 Å². The van der Waals surface area contributed by atoms with Gasteiger partial charge < -0.3 is 10.1 Å². The fourth-order valence-electron chi connectivity index (χ4n) is 3.59. The van der Waals surface area contributed by atoms with Crippen molar-refractivity contribution < 1.29 is 14.3 Å². The van der Waals surface area contributed by atoms with Gasteiger partial charge in [-0.05, 0) is 43.7 Å². The Bertz CT molecular complexity index is 667. The van der Waals surface area contributed by atoms with Crippen molar-refractivity contribution in [2.45, 2.75) is 96.4 Å². The number of allylic oxidation sites excluding steroid dienone is 1. The Kier molecular flexibility index (Phi) is 16.7. The summed E-state index contributed by atoms with van der Waals surface area (Å²) in [5.74, 6) is -0.130. The van der Waals surface area contributed by atoms with E-state index in [0.29, 0.717) is 6.42 Å². The molecule has 0 aliphatic carbocycles. The predicted molar refractivity (Wildman–Crippen MR) is 134 cm³/mol. The number of rotatable bonds is 18. The maximum Gasteiger partial charge on any atom is 0.305 e. The van der Waals surface area contributed by atoms with Crippen LogP contribution in [0.15, 0.2) is 48.6 Å². The summed E-state index contributed by atoms with van der Waals surface area (Å²) in [6, 6.07) is 10.1. The van der Waals surface area contributed by atoms with E-state index in [0.717, 1.165) is 50.5 Å². The minimum atomic E-state index is -0.111. The van der Waals surface area contributed by atoms with Crippen molar-refractivity contribution in [1.29, 1.82) is 0 Å². The standard InChI is InChI=1S/C28H43NO3/c1-3-4-5-15-20-26(29-27(30)24-23-25-18-13-12-14-19-25)21-16-10-8-6-7-9-11-17-22-28(31)32-2/h10,12-14,16,18-19,23-24,26H,3-9,11,15,17,20-22H2,1-2H3,(H,29,30)/b16-10-,24-23+. The van der Waals surface area contributed by atoms with Crippen LogP contribution in [-0.4, -0.2) is 25.0 Å². The second-order valence-electron chi connectivity index (χ2n) is 8.39. The molecule has 4 nitrogen and oxygen atoms in total.